The summed E-state index contributed by atoms with van der Waals surface area (Å²) in [6.45, 7) is 1.55. The van der Waals surface area contributed by atoms with E-state index in [2.05, 4.69) is 4.98 Å². The number of thioether (sulfide) groups is 1. The lowest BCUT2D eigenvalue weighted by Crippen LogP contribution is -1.94. The minimum absolute atomic E-state index is 0.106. The molecule has 0 aliphatic heterocycles. The smallest absolute Gasteiger partial charge is 0.223 e. The van der Waals surface area contributed by atoms with Crippen LogP contribution in [0.4, 0.5) is 0 Å². The number of hydrogen-bond acceptors (Lipinski definition) is 5. The van der Waals surface area contributed by atoms with Crippen molar-refractivity contribution in [2.45, 2.75) is 6.92 Å². The van der Waals surface area contributed by atoms with Gasteiger partial charge >= 0.3 is 0 Å². The van der Waals surface area contributed by atoms with E-state index < -0.39 is 0 Å². The average molecular weight is 253 g/mol. The fourth-order valence-corrected chi connectivity index (χ4v) is 1.61. The first-order chi connectivity index (χ1) is 8.17. The zero-order valence-corrected chi connectivity index (χ0v) is 10.9. The third-order valence-electron chi connectivity index (χ3n) is 1.95. The van der Waals surface area contributed by atoms with Crippen molar-refractivity contribution in [3.8, 4) is 11.8 Å². The molecule has 0 unspecified atom stereocenters. The number of carbonyl (C=O) groups excluding carboxylic acids is 1. The Hall–Kier alpha value is -1.49. The van der Waals surface area contributed by atoms with Gasteiger partial charge in [-0.3, -0.25) is 4.79 Å². The predicted octanol–water partition coefficient (Wildman–Crippen LogP) is 2.39. The second-order valence-corrected chi connectivity index (χ2v) is 4.35. The molecule has 0 bridgehead atoms. The van der Waals surface area contributed by atoms with Crippen LogP contribution in [0.15, 0.2) is 18.2 Å². The van der Waals surface area contributed by atoms with Gasteiger partial charge in [0.1, 0.15) is 0 Å². The van der Waals surface area contributed by atoms with E-state index in [1.807, 2.05) is 18.2 Å². The van der Waals surface area contributed by atoms with Crippen LogP contribution in [0.25, 0.3) is 6.08 Å². The van der Waals surface area contributed by atoms with Crippen molar-refractivity contribution in [3.05, 3.63) is 23.8 Å². The Morgan fingerprint density at radius 2 is 2.18 bits per heavy atom. The molecule has 92 valence electrons. The van der Waals surface area contributed by atoms with Gasteiger partial charge in [-0.1, -0.05) is 23.9 Å². The molecule has 0 saturated heterocycles. The van der Waals surface area contributed by atoms with Crippen LogP contribution in [0.5, 0.6) is 11.8 Å². The highest BCUT2D eigenvalue weighted by molar-refractivity contribution is 8.13. The summed E-state index contributed by atoms with van der Waals surface area (Å²) in [5, 5.41) is 0.106. The van der Waals surface area contributed by atoms with Gasteiger partial charge in [0.2, 0.25) is 11.8 Å². The van der Waals surface area contributed by atoms with E-state index in [-0.39, 0.29) is 5.12 Å². The lowest BCUT2D eigenvalue weighted by molar-refractivity contribution is -0.109. The summed E-state index contributed by atoms with van der Waals surface area (Å²) in [5.74, 6) is 1.66. The minimum Gasteiger partial charge on any atom is -0.481 e. The van der Waals surface area contributed by atoms with Crippen molar-refractivity contribution >= 4 is 23.0 Å². The van der Waals surface area contributed by atoms with Crippen molar-refractivity contribution in [3.63, 3.8) is 0 Å². The molecule has 1 rings (SSSR count). The summed E-state index contributed by atoms with van der Waals surface area (Å²) in [7, 11) is 3.12. The predicted molar refractivity (Wildman–Crippen MR) is 69.5 cm³/mol. The van der Waals surface area contributed by atoms with Crippen LogP contribution in [-0.2, 0) is 4.79 Å². The van der Waals surface area contributed by atoms with Gasteiger partial charge in [0.25, 0.3) is 0 Å². The maximum absolute atomic E-state index is 10.7. The lowest BCUT2D eigenvalue weighted by Gasteiger charge is -2.05. The molecule has 0 aliphatic rings. The first-order valence-corrected chi connectivity index (χ1v) is 6.05. The van der Waals surface area contributed by atoms with E-state index in [1.165, 1.54) is 11.8 Å². The van der Waals surface area contributed by atoms with Gasteiger partial charge in [-0.05, 0) is 6.07 Å². The van der Waals surface area contributed by atoms with Gasteiger partial charge < -0.3 is 9.47 Å². The first-order valence-electron chi connectivity index (χ1n) is 5.06. The molecule has 0 aromatic carbocycles. The molecule has 0 saturated carbocycles. The van der Waals surface area contributed by atoms with Crippen molar-refractivity contribution in [1.29, 1.82) is 0 Å². The summed E-state index contributed by atoms with van der Waals surface area (Å²) in [6, 6.07) is 3.62. The molecule has 0 N–H and O–H groups in total. The zero-order chi connectivity index (χ0) is 12.7. The van der Waals surface area contributed by atoms with Gasteiger partial charge in [0.05, 0.1) is 14.2 Å². The number of rotatable bonds is 5. The van der Waals surface area contributed by atoms with Gasteiger partial charge in [-0.2, -0.15) is 4.98 Å². The van der Waals surface area contributed by atoms with Crippen LogP contribution in [0, 0.1) is 0 Å². The number of hydrogen-bond donors (Lipinski definition) is 0. The molecule has 0 atom stereocenters. The molecule has 17 heavy (non-hydrogen) atoms. The first kappa shape index (κ1) is 13.6. The summed E-state index contributed by atoms with van der Waals surface area (Å²) in [4.78, 5) is 14.9. The van der Waals surface area contributed by atoms with Gasteiger partial charge in [0.15, 0.2) is 5.12 Å². The SMILES string of the molecule is COc1ccc(C=CCSC(C)=O)c(OC)n1. The monoisotopic (exact) mass is 253 g/mol. The Kier molecular flexibility index (Phi) is 5.56. The number of pyridine rings is 1. The number of ether oxygens (including phenoxy) is 2. The topological polar surface area (TPSA) is 48.4 Å². The van der Waals surface area contributed by atoms with E-state index in [0.717, 1.165) is 5.56 Å². The largest absolute Gasteiger partial charge is 0.481 e. The van der Waals surface area contributed by atoms with Crippen LogP contribution >= 0.6 is 11.8 Å². The Labute approximate surface area is 105 Å². The fraction of sp³-hybridized carbons (Fsp3) is 0.333. The highest BCUT2D eigenvalue weighted by Gasteiger charge is 2.03. The lowest BCUT2D eigenvalue weighted by atomic mass is 10.2. The molecule has 1 heterocycles. The van der Waals surface area contributed by atoms with Crippen molar-refractivity contribution in [2.24, 2.45) is 0 Å². The molecule has 4 nitrogen and oxygen atoms in total. The second kappa shape index (κ2) is 6.96. The molecule has 1 aromatic heterocycles. The normalized spacial score (nSPS) is 10.5. The maximum Gasteiger partial charge on any atom is 0.223 e. The molecule has 0 fully saturated rings. The van der Waals surface area contributed by atoms with E-state index >= 15 is 0 Å². The van der Waals surface area contributed by atoms with Crippen LogP contribution in [0.2, 0.25) is 0 Å². The summed E-state index contributed by atoms with van der Waals surface area (Å²) in [5.41, 5.74) is 0.859. The number of carbonyl (C=O) groups is 1. The van der Waals surface area contributed by atoms with Crippen molar-refractivity contribution in [1.82, 2.24) is 4.98 Å². The van der Waals surface area contributed by atoms with Gasteiger partial charge in [0, 0.05) is 24.3 Å². The van der Waals surface area contributed by atoms with Crippen LogP contribution in [0.3, 0.4) is 0 Å². The Morgan fingerprint density at radius 3 is 2.76 bits per heavy atom. The van der Waals surface area contributed by atoms with E-state index in [4.69, 9.17) is 9.47 Å². The molecule has 0 spiro atoms. The summed E-state index contributed by atoms with van der Waals surface area (Å²) >= 11 is 1.26. The number of methoxy groups -OCH3 is 2. The van der Waals surface area contributed by atoms with Gasteiger partial charge in [-0.25, -0.2) is 0 Å². The standard InChI is InChI=1S/C12H15NO3S/c1-9(14)17-8-4-5-10-6-7-11(15-2)13-12(10)16-3/h4-7H,8H2,1-3H3. The van der Waals surface area contributed by atoms with Crippen LogP contribution in [0.1, 0.15) is 12.5 Å². The minimum atomic E-state index is 0.106. The molecule has 0 aliphatic carbocycles. The maximum atomic E-state index is 10.7. The molecule has 0 amide bonds. The quantitative estimate of drug-likeness (QED) is 0.806. The zero-order valence-electron chi connectivity index (χ0n) is 10.1. The number of nitrogens with zero attached hydrogens (tertiary/aromatic N) is 1. The molecular weight excluding hydrogens is 238 g/mol. The Balaban J connectivity index is 2.73. The summed E-state index contributed by atoms with van der Waals surface area (Å²) < 4.78 is 10.2. The molecular formula is C12H15NO3S. The fourth-order valence-electron chi connectivity index (χ4n) is 1.18. The van der Waals surface area contributed by atoms with Crippen molar-refractivity contribution in [2.75, 3.05) is 20.0 Å². The number of aromatic nitrogens is 1. The molecule has 1 aromatic rings. The van der Waals surface area contributed by atoms with Crippen molar-refractivity contribution < 1.29 is 14.3 Å². The second-order valence-electron chi connectivity index (χ2n) is 3.16. The highest BCUT2D eigenvalue weighted by atomic mass is 32.2. The molecule has 5 heteroatoms. The highest BCUT2D eigenvalue weighted by Crippen LogP contribution is 2.21. The van der Waals surface area contributed by atoms with E-state index in [9.17, 15) is 4.79 Å². The van der Waals surface area contributed by atoms with Gasteiger partial charge in [-0.15, -0.1) is 0 Å². The Bertz CT molecular complexity index is 418. The third-order valence-corrected chi connectivity index (χ3v) is 2.71. The van der Waals surface area contributed by atoms with Crippen LogP contribution in [-0.4, -0.2) is 30.1 Å². The average Bonchev–Trinajstić information content (AvgIpc) is 2.34. The van der Waals surface area contributed by atoms with Crippen LogP contribution < -0.4 is 9.47 Å². The van der Waals surface area contributed by atoms with E-state index in [0.29, 0.717) is 17.5 Å². The van der Waals surface area contributed by atoms with E-state index in [1.54, 1.807) is 27.2 Å². The molecule has 0 radical (unpaired) electrons. The Morgan fingerprint density at radius 1 is 1.41 bits per heavy atom. The third kappa shape index (κ3) is 4.48. The summed E-state index contributed by atoms with van der Waals surface area (Å²) in [6.07, 6.45) is 3.78.